The van der Waals surface area contributed by atoms with Crippen molar-refractivity contribution in [2.24, 2.45) is 5.73 Å². The van der Waals surface area contributed by atoms with Crippen molar-refractivity contribution in [3.8, 4) is 0 Å². The van der Waals surface area contributed by atoms with Gasteiger partial charge in [0.2, 0.25) is 0 Å². The number of hydrogen-bond acceptors (Lipinski definition) is 6. The first-order valence-corrected chi connectivity index (χ1v) is 5.58. The maximum Gasteiger partial charge on any atom is 0.358 e. The maximum atomic E-state index is 11.1. The lowest BCUT2D eigenvalue weighted by Gasteiger charge is -2.38. The van der Waals surface area contributed by atoms with Gasteiger partial charge in [-0.05, 0) is 31.4 Å². The van der Waals surface area contributed by atoms with Crippen LogP contribution in [-0.2, 0) is 4.74 Å². The van der Waals surface area contributed by atoms with Crippen molar-refractivity contribution in [2.45, 2.75) is 24.8 Å². The zero-order valence-electron chi connectivity index (χ0n) is 9.77. The van der Waals surface area contributed by atoms with Crippen LogP contribution in [0.1, 0.15) is 29.8 Å². The van der Waals surface area contributed by atoms with Crippen molar-refractivity contribution in [1.29, 1.82) is 0 Å². The molecule has 1 fully saturated rings. The first kappa shape index (κ1) is 11.8. The SMILES string of the molecule is COC(=O)c1ccc(NCC2(N)CCC2)nn1. The fraction of sp³-hybridized carbons (Fsp3) is 0.545. The molecule has 0 radical (unpaired) electrons. The minimum Gasteiger partial charge on any atom is -0.464 e. The average Bonchev–Trinajstić information content (AvgIpc) is 2.33. The second kappa shape index (κ2) is 4.67. The van der Waals surface area contributed by atoms with Crippen LogP contribution in [0.25, 0.3) is 0 Å². The van der Waals surface area contributed by atoms with Gasteiger partial charge in [-0.1, -0.05) is 0 Å². The quantitative estimate of drug-likeness (QED) is 0.742. The standard InChI is InChI=1S/C11H16N4O2/c1-17-10(16)8-3-4-9(15-14-8)13-7-11(12)5-2-6-11/h3-4H,2,5-7,12H2,1H3,(H,13,15). The minimum absolute atomic E-state index is 0.108. The van der Waals surface area contributed by atoms with Gasteiger partial charge in [0.05, 0.1) is 7.11 Å². The number of esters is 1. The van der Waals surface area contributed by atoms with E-state index in [2.05, 4.69) is 20.3 Å². The molecule has 0 bridgehead atoms. The Morgan fingerprint density at radius 1 is 1.53 bits per heavy atom. The Labute approximate surface area is 99.6 Å². The molecule has 0 spiro atoms. The highest BCUT2D eigenvalue weighted by atomic mass is 16.5. The molecule has 3 N–H and O–H groups in total. The largest absolute Gasteiger partial charge is 0.464 e. The predicted molar refractivity (Wildman–Crippen MR) is 62.6 cm³/mol. The average molecular weight is 236 g/mol. The monoisotopic (exact) mass is 236 g/mol. The second-order valence-corrected chi connectivity index (χ2v) is 4.36. The highest BCUT2D eigenvalue weighted by Crippen LogP contribution is 2.28. The van der Waals surface area contributed by atoms with Crippen LogP contribution in [0, 0.1) is 0 Å². The number of nitrogens with zero attached hydrogens (tertiary/aromatic N) is 2. The number of methoxy groups -OCH3 is 1. The van der Waals surface area contributed by atoms with E-state index in [1.165, 1.54) is 13.5 Å². The Bertz CT molecular complexity index is 400. The molecule has 2 rings (SSSR count). The van der Waals surface area contributed by atoms with Crippen LogP contribution in [0.2, 0.25) is 0 Å². The Morgan fingerprint density at radius 3 is 2.76 bits per heavy atom. The summed E-state index contributed by atoms with van der Waals surface area (Å²) in [4.78, 5) is 11.1. The van der Waals surface area contributed by atoms with E-state index in [1.54, 1.807) is 12.1 Å². The van der Waals surface area contributed by atoms with E-state index >= 15 is 0 Å². The summed E-state index contributed by atoms with van der Waals surface area (Å²) in [6.07, 6.45) is 3.26. The van der Waals surface area contributed by atoms with Gasteiger partial charge in [-0.25, -0.2) is 4.79 Å². The molecule has 0 aromatic carbocycles. The summed E-state index contributed by atoms with van der Waals surface area (Å²) in [5.41, 5.74) is 6.16. The van der Waals surface area contributed by atoms with E-state index in [9.17, 15) is 4.79 Å². The number of ether oxygens (including phenoxy) is 1. The van der Waals surface area contributed by atoms with Crippen molar-refractivity contribution in [1.82, 2.24) is 10.2 Å². The summed E-state index contributed by atoms with van der Waals surface area (Å²) in [7, 11) is 1.31. The molecular formula is C11H16N4O2. The van der Waals surface area contributed by atoms with Crippen molar-refractivity contribution in [3.63, 3.8) is 0 Å². The first-order chi connectivity index (χ1) is 8.13. The summed E-state index contributed by atoms with van der Waals surface area (Å²) < 4.78 is 4.54. The molecule has 1 aliphatic carbocycles. The molecule has 0 atom stereocenters. The summed E-state index contributed by atoms with van der Waals surface area (Å²) in [5.74, 6) is 0.132. The lowest BCUT2D eigenvalue weighted by Crippen LogP contribution is -2.52. The Hall–Kier alpha value is -1.69. The van der Waals surface area contributed by atoms with Gasteiger partial charge in [0.1, 0.15) is 5.82 Å². The zero-order valence-corrected chi connectivity index (χ0v) is 9.77. The third kappa shape index (κ3) is 2.71. The van der Waals surface area contributed by atoms with Gasteiger partial charge < -0.3 is 15.8 Å². The fourth-order valence-electron chi connectivity index (χ4n) is 1.71. The first-order valence-electron chi connectivity index (χ1n) is 5.58. The zero-order chi connectivity index (χ0) is 12.3. The number of carbonyl (C=O) groups is 1. The van der Waals surface area contributed by atoms with Crippen LogP contribution in [0.3, 0.4) is 0 Å². The maximum absolute atomic E-state index is 11.1. The van der Waals surface area contributed by atoms with Crippen molar-refractivity contribution >= 4 is 11.8 Å². The van der Waals surface area contributed by atoms with Crippen LogP contribution in [0.5, 0.6) is 0 Å². The fourth-order valence-corrected chi connectivity index (χ4v) is 1.71. The molecule has 0 aliphatic heterocycles. The number of hydrogen-bond donors (Lipinski definition) is 2. The molecule has 0 unspecified atom stereocenters. The number of carbonyl (C=O) groups excluding carboxylic acids is 1. The van der Waals surface area contributed by atoms with Gasteiger partial charge in [-0.2, -0.15) is 0 Å². The van der Waals surface area contributed by atoms with Crippen LogP contribution in [0.4, 0.5) is 5.82 Å². The Morgan fingerprint density at radius 2 is 2.29 bits per heavy atom. The van der Waals surface area contributed by atoms with Gasteiger partial charge in [0, 0.05) is 12.1 Å². The smallest absolute Gasteiger partial charge is 0.358 e. The molecule has 1 saturated carbocycles. The molecule has 1 aromatic rings. The number of anilines is 1. The van der Waals surface area contributed by atoms with Crippen molar-refractivity contribution in [2.75, 3.05) is 19.0 Å². The van der Waals surface area contributed by atoms with E-state index in [-0.39, 0.29) is 11.2 Å². The third-order valence-corrected chi connectivity index (χ3v) is 3.03. The van der Waals surface area contributed by atoms with Crippen LogP contribution < -0.4 is 11.1 Å². The summed E-state index contributed by atoms with van der Waals surface area (Å²) in [6.45, 7) is 0.680. The van der Waals surface area contributed by atoms with Gasteiger partial charge in [0.25, 0.3) is 0 Å². The summed E-state index contributed by atoms with van der Waals surface area (Å²) >= 11 is 0. The molecule has 1 aromatic heterocycles. The van der Waals surface area contributed by atoms with Gasteiger partial charge >= 0.3 is 5.97 Å². The van der Waals surface area contributed by atoms with Crippen molar-refractivity contribution in [3.05, 3.63) is 17.8 Å². The van der Waals surface area contributed by atoms with E-state index in [1.807, 2.05) is 0 Å². The van der Waals surface area contributed by atoms with Crippen molar-refractivity contribution < 1.29 is 9.53 Å². The molecule has 92 valence electrons. The van der Waals surface area contributed by atoms with E-state index < -0.39 is 5.97 Å². The van der Waals surface area contributed by atoms with Crippen LogP contribution in [0.15, 0.2) is 12.1 Å². The molecule has 1 aliphatic rings. The predicted octanol–water partition coefficient (Wildman–Crippen LogP) is 0.556. The molecule has 0 amide bonds. The lowest BCUT2D eigenvalue weighted by atomic mass is 9.78. The van der Waals surface area contributed by atoms with E-state index in [4.69, 9.17) is 5.73 Å². The van der Waals surface area contributed by atoms with Gasteiger partial charge in [-0.15, -0.1) is 10.2 Å². The summed E-state index contributed by atoms with van der Waals surface area (Å²) in [6, 6.07) is 3.27. The summed E-state index contributed by atoms with van der Waals surface area (Å²) in [5, 5.41) is 10.8. The number of nitrogens with one attached hydrogen (secondary N) is 1. The third-order valence-electron chi connectivity index (χ3n) is 3.03. The number of nitrogens with two attached hydrogens (primary N) is 1. The molecule has 0 saturated heterocycles. The van der Waals surface area contributed by atoms with Gasteiger partial charge in [0.15, 0.2) is 5.69 Å². The molecule has 6 heteroatoms. The minimum atomic E-state index is -0.488. The lowest BCUT2D eigenvalue weighted by molar-refractivity contribution is 0.0592. The number of aromatic nitrogens is 2. The van der Waals surface area contributed by atoms with Crippen LogP contribution >= 0.6 is 0 Å². The molecule has 17 heavy (non-hydrogen) atoms. The Kier molecular flexibility index (Phi) is 3.23. The highest BCUT2D eigenvalue weighted by molar-refractivity contribution is 5.86. The highest BCUT2D eigenvalue weighted by Gasteiger charge is 2.32. The molecule has 1 heterocycles. The normalized spacial score (nSPS) is 17.1. The molecule has 6 nitrogen and oxygen atoms in total. The number of rotatable bonds is 4. The topological polar surface area (TPSA) is 90.1 Å². The van der Waals surface area contributed by atoms with Gasteiger partial charge in [-0.3, -0.25) is 0 Å². The second-order valence-electron chi connectivity index (χ2n) is 4.36. The van der Waals surface area contributed by atoms with E-state index in [0.29, 0.717) is 12.4 Å². The molecular weight excluding hydrogens is 220 g/mol. The van der Waals surface area contributed by atoms with Crippen LogP contribution in [-0.4, -0.2) is 35.4 Å². The van der Waals surface area contributed by atoms with E-state index in [0.717, 1.165) is 12.8 Å². The Balaban J connectivity index is 1.91.